The van der Waals surface area contributed by atoms with Crippen LogP contribution in [-0.2, 0) is 9.47 Å². The van der Waals surface area contributed by atoms with Gasteiger partial charge in [0.25, 0.3) is 0 Å². The van der Waals surface area contributed by atoms with Gasteiger partial charge in [-0.15, -0.1) is 0 Å². The Hall–Kier alpha value is -2.11. The van der Waals surface area contributed by atoms with Gasteiger partial charge >= 0.3 is 5.97 Å². The summed E-state index contributed by atoms with van der Waals surface area (Å²) >= 11 is 6.15. The summed E-state index contributed by atoms with van der Waals surface area (Å²) in [7, 11) is 0. The molecule has 0 atom stereocenters. The van der Waals surface area contributed by atoms with E-state index in [9.17, 15) is 4.79 Å². The first kappa shape index (κ1) is 19.2. The molecule has 0 bridgehead atoms. The molecule has 25 heavy (non-hydrogen) atoms. The fourth-order valence-corrected chi connectivity index (χ4v) is 2.41. The van der Waals surface area contributed by atoms with Gasteiger partial charge in [0, 0.05) is 18.8 Å². The molecule has 0 radical (unpaired) electrons. The van der Waals surface area contributed by atoms with Gasteiger partial charge in [-0.2, -0.15) is 0 Å². The highest BCUT2D eigenvalue weighted by molar-refractivity contribution is 6.35. The average molecular weight is 363 g/mol. The third-order valence-corrected chi connectivity index (χ3v) is 4.04. The minimum atomic E-state index is -0.568. The van der Waals surface area contributed by atoms with Crippen molar-refractivity contribution < 1.29 is 14.3 Å². The number of nitrogen functional groups attached to an aromatic ring is 1. The molecule has 0 amide bonds. The molecule has 2 N–H and O–H groups in total. The third-order valence-electron chi connectivity index (χ3n) is 3.65. The molecular formula is C19H23ClN2O3. The normalized spacial score (nSPS) is 10.7. The number of unbranched alkanes of at least 4 members (excludes halogenated alkanes) is 1. The Labute approximate surface area is 153 Å². The van der Waals surface area contributed by atoms with Crippen LogP contribution in [0.5, 0.6) is 0 Å². The molecule has 0 aliphatic heterocycles. The van der Waals surface area contributed by atoms with Crippen molar-refractivity contribution in [1.82, 2.24) is 4.98 Å². The molecule has 134 valence electrons. The van der Waals surface area contributed by atoms with E-state index in [-0.39, 0.29) is 10.7 Å². The summed E-state index contributed by atoms with van der Waals surface area (Å²) in [5, 5.41) is 0.121. The van der Waals surface area contributed by atoms with E-state index in [1.165, 1.54) is 0 Å². The average Bonchev–Trinajstić information content (AvgIpc) is 2.60. The number of pyridine rings is 1. The van der Waals surface area contributed by atoms with Crippen LogP contribution in [-0.4, -0.2) is 30.8 Å². The molecule has 1 aromatic carbocycles. The first-order valence-electron chi connectivity index (χ1n) is 8.30. The number of aryl methyl sites for hydroxylation is 1. The summed E-state index contributed by atoms with van der Waals surface area (Å²) in [6, 6.07) is 9.45. The minimum Gasteiger partial charge on any atom is -0.461 e. The predicted octanol–water partition coefficient (Wildman–Crippen LogP) is 4.27. The molecular weight excluding hydrogens is 340 g/mol. The van der Waals surface area contributed by atoms with Crippen molar-refractivity contribution in [3.63, 3.8) is 0 Å². The number of hydrogen-bond donors (Lipinski definition) is 1. The van der Waals surface area contributed by atoms with Gasteiger partial charge in [0.2, 0.25) is 0 Å². The Morgan fingerprint density at radius 1 is 1.20 bits per heavy atom. The third kappa shape index (κ3) is 5.44. The van der Waals surface area contributed by atoms with Crippen LogP contribution < -0.4 is 5.73 Å². The van der Waals surface area contributed by atoms with Crippen LogP contribution in [0.15, 0.2) is 30.3 Å². The lowest BCUT2D eigenvalue weighted by Gasteiger charge is -2.10. The van der Waals surface area contributed by atoms with Crippen molar-refractivity contribution in [2.24, 2.45) is 0 Å². The zero-order valence-corrected chi connectivity index (χ0v) is 15.3. The number of halogens is 1. The SMILES string of the molecule is CCOCCCCOC(=O)c1nc(-c2ccc(C)cc2)cc(N)c1Cl. The highest BCUT2D eigenvalue weighted by atomic mass is 35.5. The van der Waals surface area contributed by atoms with Gasteiger partial charge in [0.15, 0.2) is 5.69 Å². The topological polar surface area (TPSA) is 74.4 Å². The van der Waals surface area contributed by atoms with E-state index in [2.05, 4.69) is 4.98 Å². The molecule has 1 heterocycles. The Bertz CT molecular complexity index is 717. The number of nitrogens with two attached hydrogens (primary N) is 1. The van der Waals surface area contributed by atoms with Crippen molar-refractivity contribution in [2.45, 2.75) is 26.7 Å². The van der Waals surface area contributed by atoms with E-state index in [0.717, 1.165) is 24.0 Å². The van der Waals surface area contributed by atoms with Gasteiger partial charge in [-0.1, -0.05) is 41.4 Å². The molecule has 0 spiro atoms. The Morgan fingerprint density at radius 3 is 2.56 bits per heavy atom. The van der Waals surface area contributed by atoms with Crippen molar-refractivity contribution in [2.75, 3.05) is 25.6 Å². The number of hydrogen-bond acceptors (Lipinski definition) is 5. The lowest BCUT2D eigenvalue weighted by molar-refractivity contribution is 0.0477. The van der Waals surface area contributed by atoms with Crippen LogP contribution in [0.2, 0.25) is 5.02 Å². The summed E-state index contributed by atoms with van der Waals surface area (Å²) in [4.78, 5) is 16.6. The Morgan fingerprint density at radius 2 is 1.88 bits per heavy atom. The second-order valence-electron chi connectivity index (χ2n) is 5.67. The zero-order valence-electron chi connectivity index (χ0n) is 14.5. The van der Waals surface area contributed by atoms with Crippen LogP contribution in [0.25, 0.3) is 11.3 Å². The molecule has 0 aliphatic carbocycles. The molecule has 0 unspecified atom stereocenters. The van der Waals surface area contributed by atoms with Crippen molar-refractivity contribution in [1.29, 1.82) is 0 Å². The van der Waals surface area contributed by atoms with E-state index in [4.69, 9.17) is 26.8 Å². The second-order valence-corrected chi connectivity index (χ2v) is 6.04. The maximum atomic E-state index is 12.3. The first-order valence-corrected chi connectivity index (χ1v) is 8.68. The van der Waals surface area contributed by atoms with Gasteiger partial charge in [-0.3, -0.25) is 0 Å². The molecule has 0 fully saturated rings. The zero-order chi connectivity index (χ0) is 18.2. The van der Waals surface area contributed by atoms with E-state index in [0.29, 0.717) is 31.2 Å². The van der Waals surface area contributed by atoms with Gasteiger partial charge < -0.3 is 15.2 Å². The number of esters is 1. The summed E-state index contributed by atoms with van der Waals surface area (Å²) in [6.45, 7) is 5.58. The first-order chi connectivity index (χ1) is 12.0. The van der Waals surface area contributed by atoms with Crippen LogP contribution in [0, 0.1) is 6.92 Å². The van der Waals surface area contributed by atoms with E-state index in [1.54, 1.807) is 6.07 Å². The van der Waals surface area contributed by atoms with Gasteiger partial charge in [-0.25, -0.2) is 9.78 Å². The monoisotopic (exact) mass is 362 g/mol. The predicted molar refractivity (Wildman–Crippen MR) is 99.8 cm³/mol. The van der Waals surface area contributed by atoms with E-state index in [1.807, 2.05) is 38.1 Å². The number of aromatic nitrogens is 1. The van der Waals surface area contributed by atoms with Crippen LogP contribution in [0.4, 0.5) is 5.69 Å². The van der Waals surface area contributed by atoms with Crippen LogP contribution in [0.1, 0.15) is 35.8 Å². The number of carbonyl (C=O) groups excluding carboxylic acids is 1. The number of benzene rings is 1. The maximum absolute atomic E-state index is 12.3. The molecule has 5 nitrogen and oxygen atoms in total. The van der Waals surface area contributed by atoms with Gasteiger partial charge in [0.05, 0.1) is 23.0 Å². The minimum absolute atomic E-state index is 0.0436. The van der Waals surface area contributed by atoms with Crippen molar-refractivity contribution >= 4 is 23.3 Å². The van der Waals surface area contributed by atoms with Crippen LogP contribution >= 0.6 is 11.6 Å². The number of ether oxygens (including phenoxy) is 2. The lowest BCUT2D eigenvalue weighted by atomic mass is 10.1. The van der Waals surface area contributed by atoms with E-state index < -0.39 is 5.97 Å². The summed E-state index contributed by atoms with van der Waals surface area (Å²) in [6.07, 6.45) is 1.55. The molecule has 0 saturated carbocycles. The molecule has 1 aromatic heterocycles. The highest BCUT2D eigenvalue weighted by Gasteiger charge is 2.18. The number of carbonyl (C=O) groups is 1. The summed E-state index contributed by atoms with van der Waals surface area (Å²) in [5.41, 5.74) is 8.87. The summed E-state index contributed by atoms with van der Waals surface area (Å²) in [5.74, 6) is -0.568. The number of anilines is 1. The number of rotatable bonds is 8. The highest BCUT2D eigenvalue weighted by Crippen LogP contribution is 2.28. The standard InChI is InChI=1S/C19H23ClN2O3/c1-3-24-10-4-5-11-25-19(23)18-17(20)15(21)12-16(22-18)14-8-6-13(2)7-9-14/h6-9,12H,3-5,10-11H2,1-2H3,(H2,21,22). The molecule has 0 saturated heterocycles. The fourth-order valence-electron chi connectivity index (χ4n) is 2.24. The smallest absolute Gasteiger partial charge is 0.358 e. The largest absolute Gasteiger partial charge is 0.461 e. The summed E-state index contributed by atoms with van der Waals surface area (Å²) < 4.78 is 10.5. The lowest BCUT2D eigenvalue weighted by Crippen LogP contribution is -2.11. The Kier molecular flexibility index (Phi) is 7.22. The Balaban J connectivity index is 2.09. The van der Waals surface area contributed by atoms with Crippen LogP contribution in [0.3, 0.4) is 0 Å². The number of nitrogens with zero attached hydrogens (tertiary/aromatic N) is 1. The molecule has 2 aromatic rings. The van der Waals surface area contributed by atoms with Gasteiger partial charge in [0.1, 0.15) is 0 Å². The van der Waals surface area contributed by atoms with Crippen molar-refractivity contribution in [3.8, 4) is 11.3 Å². The van der Waals surface area contributed by atoms with E-state index >= 15 is 0 Å². The van der Waals surface area contributed by atoms with Gasteiger partial charge in [-0.05, 0) is 32.8 Å². The molecule has 0 aliphatic rings. The molecule has 2 rings (SSSR count). The fraction of sp³-hybridized carbons (Fsp3) is 0.368. The maximum Gasteiger partial charge on any atom is 0.358 e. The van der Waals surface area contributed by atoms with Crippen molar-refractivity contribution in [3.05, 3.63) is 46.6 Å². The second kappa shape index (κ2) is 9.39. The quantitative estimate of drug-likeness (QED) is 0.560. The molecule has 6 heteroatoms.